The van der Waals surface area contributed by atoms with Gasteiger partial charge in [-0.25, -0.2) is 0 Å². The number of nitrogens with zero attached hydrogens (tertiary/aromatic N) is 2. The molecule has 4 nitrogen and oxygen atoms in total. The van der Waals surface area contributed by atoms with Crippen molar-refractivity contribution in [3.05, 3.63) is 29.6 Å². The van der Waals surface area contributed by atoms with Gasteiger partial charge in [-0.15, -0.1) is 0 Å². The normalized spacial score (nSPS) is 21.4. The highest BCUT2D eigenvalue weighted by atomic mass is 15.3. The Morgan fingerprint density at radius 1 is 1.35 bits per heavy atom. The van der Waals surface area contributed by atoms with E-state index in [0.717, 1.165) is 6.42 Å². The number of nitrogens with one attached hydrogen (secondary N) is 1. The quantitative estimate of drug-likeness (QED) is 0.641. The Morgan fingerprint density at radius 3 is 2.60 bits per heavy atom. The van der Waals surface area contributed by atoms with Gasteiger partial charge in [-0.1, -0.05) is 19.4 Å². The second-order valence-corrected chi connectivity index (χ2v) is 6.15. The van der Waals surface area contributed by atoms with Crippen molar-refractivity contribution in [2.45, 2.75) is 58.0 Å². The van der Waals surface area contributed by atoms with Crippen molar-refractivity contribution in [1.82, 2.24) is 15.3 Å². The van der Waals surface area contributed by atoms with E-state index in [-0.39, 0.29) is 11.6 Å². The van der Waals surface area contributed by atoms with Crippen molar-refractivity contribution in [1.29, 1.82) is 0 Å². The number of rotatable bonds is 5. The molecule has 0 bridgehead atoms. The van der Waals surface area contributed by atoms with E-state index in [4.69, 9.17) is 5.84 Å². The van der Waals surface area contributed by atoms with Crippen molar-refractivity contribution in [2.24, 2.45) is 5.84 Å². The molecule has 0 aromatic carbocycles. The van der Waals surface area contributed by atoms with Crippen LogP contribution in [-0.4, -0.2) is 28.5 Å². The van der Waals surface area contributed by atoms with Crippen molar-refractivity contribution in [3.63, 3.8) is 0 Å². The molecule has 1 aliphatic rings. The molecule has 0 radical (unpaired) electrons. The van der Waals surface area contributed by atoms with Crippen LogP contribution >= 0.6 is 0 Å². The molecular weight excluding hydrogens is 248 g/mol. The predicted octanol–water partition coefficient (Wildman–Crippen LogP) is 2.55. The number of piperidine rings is 1. The van der Waals surface area contributed by atoms with Gasteiger partial charge in [-0.3, -0.25) is 21.2 Å². The van der Waals surface area contributed by atoms with Crippen LogP contribution in [0.25, 0.3) is 0 Å². The van der Waals surface area contributed by atoms with Crippen LogP contribution in [0.15, 0.2) is 18.5 Å². The number of aryl methyl sites for hydroxylation is 1. The molecule has 4 heteroatoms. The first-order valence-electron chi connectivity index (χ1n) is 7.74. The van der Waals surface area contributed by atoms with Crippen LogP contribution in [-0.2, 0) is 0 Å². The standard InChI is InChI=1S/C16H28N4/c1-4-16(3,20-8-6-5-7-9-20)15(19-17)14-10-13(2)11-18-12-14/h10-12,15,19H,4-9,17H2,1-3H3. The second kappa shape index (κ2) is 6.66. The summed E-state index contributed by atoms with van der Waals surface area (Å²) in [6.07, 6.45) is 8.83. The fourth-order valence-electron chi connectivity index (χ4n) is 3.39. The van der Waals surface area contributed by atoms with Gasteiger partial charge in [0.25, 0.3) is 0 Å². The maximum absolute atomic E-state index is 5.92. The van der Waals surface area contributed by atoms with Gasteiger partial charge in [0, 0.05) is 17.9 Å². The molecule has 0 aliphatic carbocycles. The highest BCUT2D eigenvalue weighted by molar-refractivity contribution is 5.24. The highest BCUT2D eigenvalue weighted by Gasteiger charge is 2.39. The largest absolute Gasteiger partial charge is 0.296 e. The fraction of sp³-hybridized carbons (Fsp3) is 0.688. The second-order valence-electron chi connectivity index (χ2n) is 6.15. The minimum absolute atomic E-state index is 0.0324. The highest BCUT2D eigenvalue weighted by Crippen LogP contribution is 2.35. The van der Waals surface area contributed by atoms with Gasteiger partial charge >= 0.3 is 0 Å². The first-order chi connectivity index (χ1) is 9.61. The van der Waals surface area contributed by atoms with Gasteiger partial charge in [0.1, 0.15) is 0 Å². The molecule has 2 unspecified atom stereocenters. The Kier molecular flexibility index (Phi) is 5.13. The smallest absolute Gasteiger partial charge is 0.0656 e. The van der Waals surface area contributed by atoms with Crippen LogP contribution in [0.5, 0.6) is 0 Å². The average molecular weight is 276 g/mol. The fourth-order valence-corrected chi connectivity index (χ4v) is 3.39. The summed E-state index contributed by atoms with van der Waals surface area (Å²) in [5, 5.41) is 0. The lowest BCUT2D eigenvalue weighted by Crippen LogP contribution is -2.57. The first-order valence-corrected chi connectivity index (χ1v) is 7.74. The molecule has 2 rings (SSSR count). The van der Waals surface area contributed by atoms with Gasteiger partial charge in [0.15, 0.2) is 0 Å². The van der Waals surface area contributed by atoms with Crippen molar-refractivity contribution in [3.8, 4) is 0 Å². The summed E-state index contributed by atoms with van der Waals surface area (Å²) >= 11 is 0. The molecule has 3 N–H and O–H groups in total. The number of hydrazine groups is 1. The number of likely N-dealkylation sites (tertiary alicyclic amines) is 1. The molecule has 1 aromatic rings. The molecule has 2 heterocycles. The van der Waals surface area contributed by atoms with E-state index in [1.54, 1.807) is 0 Å². The van der Waals surface area contributed by atoms with Crippen molar-refractivity contribution in [2.75, 3.05) is 13.1 Å². The summed E-state index contributed by atoms with van der Waals surface area (Å²) in [4.78, 5) is 6.93. The SMILES string of the molecule is CCC(C)(C(NN)c1cncc(C)c1)N1CCCCC1. The lowest BCUT2D eigenvalue weighted by molar-refractivity contribution is 0.0423. The van der Waals surface area contributed by atoms with Gasteiger partial charge in [0.05, 0.1) is 6.04 Å². The molecule has 112 valence electrons. The lowest BCUT2D eigenvalue weighted by Gasteiger charge is -2.47. The molecular formula is C16H28N4. The number of hydrogen-bond acceptors (Lipinski definition) is 4. The third-order valence-corrected chi connectivity index (χ3v) is 4.81. The monoisotopic (exact) mass is 276 g/mol. The van der Waals surface area contributed by atoms with Gasteiger partial charge in [-0.05, 0) is 57.3 Å². The third kappa shape index (κ3) is 3.03. The van der Waals surface area contributed by atoms with E-state index in [2.05, 4.69) is 42.1 Å². The van der Waals surface area contributed by atoms with E-state index < -0.39 is 0 Å². The summed E-state index contributed by atoms with van der Waals surface area (Å²) in [6.45, 7) is 8.99. The Bertz CT molecular complexity index is 428. The Hall–Kier alpha value is -0.970. The molecule has 0 saturated carbocycles. The summed E-state index contributed by atoms with van der Waals surface area (Å²) < 4.78 is 0. The predicted molar refractivity (Wildman–Crippen MR) is 83.2 cm³/mol. The first kappa shape index (κ1) is 15.4. The number of nitrogens with two attached hydrogens (primary N) is 1. The number of aromatic nitrogens is 1. The van der Waals surface area contributed by atoms with Crippen molar-refractivity contribution >= 4 is 0 Å². The van der Waals surface area contributed by atoms with E-state index in [1.807, 2.05) is 12.4 Å². The molecule has 0 spiro atoms. The number of pyridine rings is 1. The Balaban J connectivity index is 2.30. The molecule has 1 saturated heterocycles. The van der Waals surface area contributed by atoms with Crippen LogP contribution in [0.3, 0.4) is 0 Å². The zero-order valence-electron chi connectivity index (χ0n) is 13.0. The summed E-state index contributed by atoms with van der Waals surface area (Å²) in [5.74, 6) is 5.92. The summed E-state index contributed by atoms with van der Waals surface area (Å²) in [5.41, 5.74) is 5.45. The lowest BCUT2D eigenvalue weighted by atomic mass is 9.82. The summed E-state index contributed by atoms with van der Waals surface area (Å²) in [7, 11) is 0. The minimum Gasteiger partial charge on any atom is -0.296 e. The van der Waals surface area contributed by atoms with Gasteiger partial charge in [0.2, 0.25) is 0 Å². The molecule has 2 atom stereocenters. The van der Waals surface area contributed by atoms with Crippen LogP contribution in [0.1, 0.15) is 56.7 Å². The van der Waals surface area contributed by atoms with E-state index >= 15 is 0 Å². The van der Waals surface area contributed by atoms with Gasteiger partial charge in [-0.2, -0.15) is 0 Å². The van der Waals surface area contributed by atoms with Crippen LogP contribution in [0.4, 0.5) is 0 Å². The van der Waals surface area contributed by atoms with E-state index in [9.17, 15) is 0 Å². The average Bonchev–Trinajstić information content (AvgIpc) is 2.48. The molecule has 1 fully saturated rings. The molecule has 20 heavy (non-hydrogen) atoms. The van der Waals surface area contributed by atoms with E-state index in [0.29, 0.717) is 0 Å². The maximum Gasteiger partial charge on any atom is 0.0656 e. The van der Waals surface area contributed by atoms with Crippen LogP contribution in [0, 0.1) is 6.92 Å². The third-order valence-electron chi connectivity index (χ3n) is 4.81. The Labute approximate surface area is 122 Å². The Morgan fingerprint density at radius 2 is 2.05 bits per heavy atom. The van der Waals surface area contributed by atoms with Crippen LogP contribution in [0.2, 0.25) is 0 Å². The molecule has 0 amide bonds. The van der Waals surface area contributed by atoms with Crippen LogP contribution < -0.4 is 11.3 Å². The zero-order valence-corrected chi connectivity index (χ0v) is 13.0. The zero-order chi connectivity index (χ0) is 14.6. The molecule has 1 aliphatic heterocycles. The minimum atomic E-state index is 0.0324. The molecule has 1 aromatic heterocycles. The van der Waals surface area contributed by atoms with E-state index in [1.165, 1.54) is 43.5 Å². The maximum atomic E-state index is 5.92. The summed E-state index contributed by atoms with van der Waals surface area (Å²) in [6, 6.07) is 2.30. The van der Waals surface area contributed by atoms with Crippen molar-refractivity contribution < 1.29 is 0 Å². The number of hydrogen-bond donors (Lipinski definition) is 2. The topological polar surface area (TPSA) is 54.2 Å². The van der Waals surface area contributed by atoms with Gasteiger partial charge < -0.3 is 0 Å².